The number of furan rings is 1. The van der Waals surface area contributed by atoms with Gasteiger partial charge in [-0.1, -0.05) is 6.92 Å². The van der Waals surface area contributed by atoms with Crippen molar-refractivity contribution in [2.45, 2.75) is 27.2 Å². The van der Waals surface area contributed by atoms with Crippen molar-refractivity contribution in [3.8, 4) is 11.5 Å². The van der Waals surface area contributed by atoms with Crippen molar-refractivity contribution in [2.75, 3.05) is 13.2 Å². The van der Waals surface area contributed by atoms with Gasteiger partial charge in [-0.3, -0.25) is 4.79 Å². The molecule has 0 aliphatic carbocycles. The minimum absolute atomic E-state index is 0.314. The van der Waals surface area contributed by atoms with Gasteiger partial charge in [0.05, 0.1) is 31.3 Å². The van der Waals surface area contributed by atoms with E-state index in [2.05, 4.69) is 10.5 Å². The molecule has 0 saturated heterocycles. The van der Waals surface area contributed by atoms with Gasteiger partial charge in [0.15, 0.2) is 11.5 Å². The van der Waals surface area contributed by atoms with Gasteiger partial charge in [0.1, 0.15) is 5.76 Å². The second kappa shape index (κ2) is 8.76. The van der Waals surface area contributed by atoms with Crippen LogP contribution in [0.15, 0.2) is 40.0 Å². The van der Waals surface area contributed by atoms with Crippen molar-refractivity contribution in [1.82, 2.24) is 5.43 Å². The normalized spacial score (nSPS) is 10.8. The molecule has 0 bridgehead atoms. The zero-order valence-electron chi connectivity index (χ0n) is 14.2. The summed E-state index contributed by atoms with van der Waals surface area (Å²) >= 11 is 0. The lowest BCUT2D eigenvalue weighted by atomic mass is 10.2. The lowest BCUT2D eigenvalue weighted by molar-refractivity contribution is 0.0953. The number of carbonyl (C=O) groups is 1. The summed E-state index contributed by atoms with van der Waals surface area (Å²) in [5.41, 5.74) is 3.73. The molecule has 0 aliphatic heterocycles. The first-order valence-corrected chi connectivity index (χ1v) is 7.92. The Labute approximate surface area is 141 Å². The molecule has 2 aromatic rings. The van der Waals surface area contributed by atoms with Crippen LogP contribution in [0.3, 0.4) is 0 Å². The number of nitrogens with zero attached hydrogens (tertiary/aromatic N) is 1. The van der Waals surface area contributed by atoms with E-state index in [1.54, 1.807) is 19.2 Å². The predicted octanol–water partition coefficient (Wildman–Crippen LogP) is 3.54. The Balaban J connectivity index is 2.04. The molecular formula is C18H22N2O4. The van der Waals surface area contributed by atoms with Gasteiger partial charge < -0.3 is 13.9 Å². The Hall–Kier alpha value is -2.76. The third-order valence-corrected chi connectivity index (χ3v) is 3.21. The van der Waals surface area contributed by atoms with Gasteiger partial charge >= 0.3 is 0 Å². The molecule has 128 valence electrons. The summed E-state index contributed by atoms with van der Waals surface area (Å²) in [6.07, 6.45) is 3.95. The van der Waals surface area contributed by atoms with Gasteiger partial charge in [-0.2, -0.15) is 5.10 Å². The van der Waals surface area contributed by atoms with E-state index in [0.29, 0.717) is 36.0 Å². The summed E-state index contributed by atoms with van der Waals surface area (Å²) in [4.78, 5) is 11.9. The first kappa shape index (κ1) is 17.6. The second-order valence-electron chi connectivity index (χ2n) is 5.08. The maximum Gasteiger partial charge on any atom is 0.274 e. The Morgan fingerprint density at radius 2 is 2.08 bits per heavy atom. The van der Waals surface area contributed by atoms with Crippen molar-refractivity contribution in [2.24, 2.45) is 5.10 Å². The predicted molar refractivity (Wildman–Crippen MR) is 91.9 cm³/mol. The van der Waals surface area contributed by atoms with E-state index in [1.807, 2.05) is 32.0 Å². The summed E-state index contributed by atoms with van der Waals surface area (Å²) in [5.74, 6) is 1.60. The van der Waals surface area contributed by atoms with Gasteiger partial charge in [0.2, 0.25) is 0 Å². The molecule has 0 atom stereocenters. The monoisotopic (exact) mass is 330 g/mol. The molecule has 0 radical (unpaired) electrons. The summed E-state index contributed by atoms with van der Waals surface area (Å²) < 4.78 is 16.3. The molecule has 24 heavy (non-hydrogen) atoms. The molecule has 0 spiro atoms. The van der Waals surface area contributed by atoms with Gasteiger partial charge in [-0.05, 0) is 50.1 Å². The van der Waals surface area contributed by atoms with Crippen molar-refractivity contribution >= 4 is 12.1 Å². The van der Waals surface area contributed by atoms with E-state index in [4.69, 9.17) is 13.9 Å². The van der Waals surface area contributed by atoms with Crippen LogP contribution in [0.4, 0.5) is 0 Å². The number of nitrogens with one attached hydrogen (secondary N) is 1. The number of ether oxygens (including phenoxy) is 2. The number of carbonyl (C=O) groups excluding carboxylic acids is 1. The minimum atomic E-state index is -0.314. The highest BCUT2D eigenvalue weighted by molar-refractivity contribution is 5.95. The molecule has 0 saturated carbocycles. The Kier molecular flexibility index (Phi) is 6.42. The average molecular weight is 330 g/mol. The van der Waals surface area contributed by atoms with Gasteiger partial charge in [0, 0.05) is 0 Å². The van der Waals surface area contributed by atoms with Crippen LogP contribution in [-0.2, 0) is 0 Å². The molecule has 1 aromatic heterocycles. The molecule has 1 heterocycles. The zero-order chi connectivity index (χ0) is 17.4. The molecule has 1 amide bonds. The van der Waals surface area contributed by atoms with E-state index >= 15 is 0 Å². The van der Waals surface area contributed by atoms with Gasteiger partial charge in [-0.15, -0.1) is 0 Å². The van der Waals surface area contributed by atoms with Crippen LogP contribution in [0.25, 0.3) is 0 Å². The van der Waals surface area contributed by atoms with Crippen LogP contribution in [0.5, 0.6) is 11.5 Å². The van der Waals surface area contributed by atoms with E-state index < -0.39 is 0 Å². The molecule has 6 heteroatoms. The fourth-order valence-corrected chi connectivity index (χ4v) is 2.05. The standard InChI is InChI=1S/C18H22N2O4/c1-4-9-24-16-7-6-14(11-17(16)22-5-2)12-19-20-18(21)15-8-10-23-13(15)3/h6-8,10-12H,4-5,9H2,1-3H3,(H,20,21)/b19-12-. The Bertz CT molecular complexity index is 707. The molecule has 1 aromatic carbocycles. The lowest BCUT2D eigenvalue weighted by Gasteiger charge is -2.11. The van der Waals surface area contributed by atoms with Crippen molar-refractivity contribution in [1.29, 1.82) is 0 Å². The number of benzene rings is 1. The Morgan fingerprint density at radius 3 is 2.75 bits per heavy atom. The molecule has 6 nitrogen and oxygen atoms in total. The maximum absolute atomic E-state index is 11.9. The highest BCUT2D eigenvalue weighted by atomic mass is 16.5. The smallest absolute Gasteiger partial charge is 0.274 e. The minimum Gasteiger partial charge on any atom is -0.490 e. The summed E-state index contributed by atoms with van der Waals surface area (Å²) in [6, 6.07) is 7.12. The maximum atomic E-state index is 11.9. The SMILES string of the molecule is CCCOc1ccc(/C=N\NC(=O)c2ccoc2C)cc1OCC. The first-order chi connectivity index (χ1) is 11.7. The van der Waals surface area contributed by atoms with E-state index in [9.17, 15) is 4.79 Å². The fourth-order valence-electron chi connectivity index (χ4n) is 2.05. The number of hydrogen-bond acceptors (Lipinski definition) is 5. The molecular weight excluding hydrogens is 308 g/mol. The van der Waals surface area contributed by atoms with Crippen molar-refractivity contribution in [3.63, 3.8) is 0 Å². The van der Waals surface area contributed by atoms with E-state index in [1.165, 1.54) is 6.26 Å². The van der Waals surface area contributed by atoms with Crippen LogP contribution in [-0.4, -0.2) is 25.3 Å². The number of rotatable bonds is 8. The van der Waals surface area contributed by atoms with Gasteiger partial charge in [0.25, 0.3) is 5.91 Å². The molecule has 0 unspecified atom stereocenters. The number of hydrazone groups is 1. The number of hydrogen-bond donors (Lipinski definition) is 1. The topological polar surface area (TPSA) is 73.1 Å². The fraction of sp³-hybridized carbons (Fsp3) is 0.333. The summed E-state index contributed by atoms with van der Waals surface area (Å²) in [7, 11) is 0. The molecule has 2 rings (SSSR count). The highest BCUT2D eigenvalue weighted by Crippen LogP contribution is 2.28. The largest absolute Gasteiger partial charge is 0.490 e. The van der Waals surface area contributed by atoms with E-state index in [0.717, 1.165) is 12.0 Å². The Morgan fingerprint density at radius 1 is 1.25 bits per heavy atom. The molecule has 1 N–H and O–H groups in total. The van der Waals surface area contributed by atoms with Crippen LogP contribution in [0.2, 0.25) is 0 Å². The highest BCUT2D eigenvalue weighted by Gasteiger charge is 2.10. The lowest BCUT2D eigenvalue weighted by Crippen LogP contribution is -2.17. The van der Waals surface area contributed by atoms with Crippen LogP contribution in [0, 0.1) is 6.92 Å². The zero-order valence-corrected chi connectivity index (χ0v) is 14.2. The molecule has 0 aliphatic rings. The third-order valence-electron chi connectivity index (χ3n) is 3.21. The van der Waals surface area contributed by atoms with Crippen molar-refractivity contribution in [3.05, 3.63) is 47.4 Å². The quantitative estimate of drug-likeness (QED) is 0.593. The van der Waals surface area contributed by atoms with E-state index in [-0.39, 0.29) is 5.91 Å². The van der Waals surface area contributed by atoms with Crippen LogP contribution in [0.1, 0.15) is 41.9 Å². The first-order valence-electron chi connectivity index (χ1n) is 7.92. The third kappa shape index (κ3) is 4.62. The second-order valence-corrected chi connectivity index (χ2v) is 5.08. The van der Waals surface area contributed by atoms with Crippen LogP contribution < -0.4 is 14.9 Å². The summed E-state index contributed by atoms with van der Waals surface area (Å²) in [6.45, 7) is 6.86. The average Bonchev–Trinajstić information content (AvgIpc) is 3.00. The van der Waals surface area contributed by atoms with Gasteiger partial charge in [-0.25, -0.2) is 5.43 Å². The number of amides is 1. The molecule has 0 fully saturated rings. The summed E-state index contributed by atoms with van der Waals surface area (Å²) in [5, 5.41) is 3.97. The number of aryl methyl sites for hydroxylation is 1. The van der Waals surface area contributed by atoms with Crippen LogP contribution >= 0.6 is 0 Å². The van der Waals surface area contributed by atoms with Crippen molar-refractivity contribution < 1.29 is 18.7 Å².